The molecule has 0 radical (unpaired) electrons. The van der Waals surface area contributed by atoms with E-state index in [9.17, 15) is 9.59 Å². The monoisotopic (exact) mass is 369 g/mol. The Hall–Kier alpha value is -1.19. The molecule has 4 atom stereocenters. The van der Waals surface area contributed by atoms with Crippen LogP contribution in [-0.2, 0) is 19.1 Å². The van der Waals surface area contributed by atoms with Gasteiger partial charge in [0.15, 0.2) is 0 Å². The number of carbonyl (C=O) groups is 2. The zero-order valence-corrected chi connectivity index (χ0v) is 15.2. The maximum Gasteiger partial charge on any atom is 0.421 e. The zero-order valence-electron chi connectivity index (χ0n) is 13.6. The molecule has 9 heteroatoms. The summed E-state index contributed by atoms with van der Waals surface area (Å²) in [4.78, 5) is 25.1. The number of aromatic nitrogens is 2. The molecule has 3 fully saturated rings. The fourth-order valence-corrected chi connectivity index (χ4v) is 5.71. The first-order valence-electron chi connectivity index (χ1n) is 8.24. The van der Waals surface area contributed by atoms with Crippen LogP contribution in [0.4, 0.5) is 0 Å². The van der Waals surface area contributed by atoms with Crippen molar-refractivity contribution in [3.63, 3.8) is 0 Å². The Morgan fingerprint density at radius 3 is 2.79 bits per heavy atom. The topological polar surface area (TPSA) is 81.6 Å². The van der Waals surface area contributed by atoms with Crippen molar-refractivity contribution in [2.45, 2.75) is 56.0 Å². The molecule has 7 nitrogen and oxygen atoms in total. The van der Waals surface area contributed by atoms with Gasteiger partial charge >= 0.3 is 17.8 Å². The summed E-state index contributed by atoms with van der Waals surface area (Å²) < 4.78 is 19.7. The lowest BCUT2D eigenvalue weighted by molar-refractivity contribution is -0.267. The highest BCUT2D eigenvalue weighted by atomic mass is 32.2. The number of hydrogen-bond acceptors (Lipinski definition) is 9. The highest BCUT2D eigenvalue weighted by Crippen LogP contribution is 2.51. The van der Waals surface area contributed by atoms with Crippen molar-refractivity contribution < 1.29 is 19.1 Å². The van der Waals surface area contributed by atoms with E-state index in [0.29, 0.717) is 18.9 Å². The molecular formula is C15H19N3O4S2. The van der Waals surface area contributed by atoms with Crippen molar-refractivity contribution in [3.8, 4) is 0 Å². The summed E-state index contributed by atoms with van der Waals surface area (Å²) in [5, 5.41) is 1.02. The van der Waals surface area contributed by atoms with E-state index in [1.54, 1.807) is 11.8 Å². The molecule has 3 saturated heterocycles. The molecule has 0 N–H and O–H groups in total. The first-order chi connectivity index (χ1) is 11.6. The van der Waals surface area contributed by atoms with Crippen molar-refractivity contribution in [2.24, 2.45) is 5.92 Å². The minimum absolute atomic E-state index is 0.160. The van der Waals surface area contributed by atoms with Gasteiger partial charge in [-0.15, -0.1) is 11.8 Å². The summed E-state index contributed by atoms with van der Waals surface area (Å²) in [5.74, 6) is -1.33. The molecule has 0 aromatic carbocycles. The number of thioether (sulfide) groups is 1. The number of ether oxygens (including phenoxy) is 2. The first-order valence-corrected chi connectivity index (χ1v) is 9.95. The molecule has 2 bridgehead atoms. The highest BCUT2D eigenvalue weighted by molar-refractivity contribution is 7.99. The van der Waals surface area contributed by atoms with Gasteiger partial charge in [0, 0.05) is 24.9 Å². The van der Waals surface area contributed by atoms with Gasteiger partial charge < -0.3 is 9.47 Å². The fourth-order valence-electron chi connectivity index (χ4n) is 4.08. The Labute approximate surface area is 148 Å². The van der Waals surface area contributed by atoms with Crippen LogP contribution in [0.2, 0.25) is 0 Å². The van der Waals surface area contributed by atoms with E-state index < -0.39 is 17.8 Å². The first kappa shape index (κ1) is 16.3. The number of carbonyl (C=O) groups excluding carboxylic acids is 2. The lowest BCUT2D eigenvalue weighted by atomic mass is 9.83. The Balaban J connectivity index is 1.61. The van der Waals surface area contributed by atoms with E-state index >= 15 is 0 Å². The SMILES string of the molecule is CCCSc1nsnc1C1CN2C(C)C1CCC21OC(=O)C(=O)O1. The van der Waals surface area contributed by atoms with Crippen LogP contribution in [-0.4, -0.2) is 49.8 Å². The summed E-state index contributed by atoms with van der Waals surface area (Å²) in [5.41, 5.74) is 1.05. The Morgan fingerprint density at radius 1 is 1.33 bits per heavy atom. The van der Waals surface area contributed by atoms with Gasteiger partial charge in [0.2, 0.25) is 0 Å². The Morgan fingerprint density at radius 2 is 2.08 bits per heavy atom. The van der Waals surface area contributed by atoms with Crippen LogP contribution >= 0.6 is 23.5 Å². The van der Waals surface area contributed by atoms with Crippen LogP contribution < -0.4 is 0 Å². The van der Waals surface area contributed by atoms with Crippen molar-refractivity contribution >= 4 is 35.4 Å². The average Bonchev–Trinajstić information content (AvgIpc) is 3.18. The minimum Gasteiger partial charge on any atom is -0.400 e. The molecule has 4 rings (SSSR count). The predicted molar refractivity (Wildman–Crippen MR) is 87.5 cm³/mol. The van der Waals surface area contributed by atoms with E-state index in [2.05, 4.69) is 22.6 Å². The van der Waals surface area contributed by atoms with E-state index in [0.717, 1.165) is 29.3 Å². The number of nitrogens with zero attached hydrogens (tertiary/aromatic N) is 3. The summed E-state index contributed by atoms with van der Waals surface area (Å²) in [6.07, 6.45) is 2.44. The second-order valence-electron chi connectivity index (χ2n) is 6.50. The van der Waals surface area contributed by atoms with E-state index in [1.165, 1.54) is 11.7 Å². The van der Waals surface area contributed by atoms with Gasteiger partial charge in [-0.05, 0) is 31.4 Å². The second kappa shape index (κ2) is 5.96. The number of hydrogen-bond donors (Lipinski definition) is 0. The molecule has 4 heterocycles. The Bertz CT molecular complexity index is 663. The third kappa shape index (κ3) is 2.36. The number of piperidine rings is 1. The molecule has 0 amide bonds. The van der Waals surface area contributed by atoms with Crippen LogP contribution in [0.3, 0.4) is 0 Å². The van der Waals surface area contributed by atoms with Crippen molar-refractivity contribution in [3.05, 3.63) is 5.69 Å². The standard InChI is InChI=1S/C15H19N3O4S2/c1-3-6-23-12-11(16-24-17-12)10-7-18-8(2)9(10)4-5-15(18)21-13(19)14(20)22-15/h8-10H,3-7H2,1-2H3. The van der Waals surface area contributed by atoms with Crippen molar-refractivity contribution in [2.75, 3.05) is 12.3 Å². The van der Waals surface area contributed by atoms with E-state index in [-0.39, 0.29) is 12.0 Å². The molecule has 130 valence electrons. The maximum absolute atomic E-state index is 11.6. The number of fused-ring (bicyclic) bond motifs is 3. The molecule has 0 aliphatic carbocycles. The smallest absolute Gasteiger partial charge is 0.400 e. The molecule has 1 spiro atoms. The van der Waals surface area contributed by atoms with E-state index in [1.807, 2.05) is 4.90 Å². The van der Waals surface area contributed by atoms with Gasteiger partial charge in [-0.25, -0.2) is 14.5 Å². The highest BCUT2D eigenvalue weighted by Gasteiger charge is 2.62. The van der Waals surface area contributed by atoms with Crippen LogP contribution in [0.5, 0.6) is 0 Å². The van der Waals surface area contributed by atoms with Crippen LogP contribution in [0, 0.1) is 5.92 Å². The van der Waals surface area contributed by atoms with Gasteiger partial charge in [-0.2, -0.15) is 8.75 Å². The van der Waals surface area contributed by atoms with Gasteiger partial charge in [0.1, 0.15) is 5.03 Å². The van der Waals surface area contributed by atoms with Crippen molar-refractivity contribution in [1.29, 1.82) is 0 Å². The zero-order chi connectivity index (χ0) is 16.9. The largest absolute Gasteiger partial charge is 0.421 e. The molecule has 24 heavy (non-hydrogen) atoms. The number of esters is 2. The number of rotatable bonds is 4. The van der Waals surface area contributed by atoms with Gasteiger partial charge in [0.25, 0.3) is 0 Å². The van der Waals surface area contributed by atoms with Gasteiger partial charge in [0.05, 0.1) is 17.4 Å². The molecular weight excluding hydrogens is 350 g/mol. The Kier molecular flexibility index (Phi) is 4.04. The predicted octanol–water partition coefficient (Wildman–Crippen LogP) is 1.99. The molecule has 3 aliphatic rings. The minimum atomic E-state index is -1.21. The van der Waals surface area contributed by atoms with Gasteiger partial charge in [-0.3, -0.25) is 0 Å². The maximum atomic E-state index is 11.6. The molecule has 3 aliphatic heterocycles. The summed E-state index contributed by atoms with van der Waals surface area (Å²) in [6, 6.07) is 0.160. The molecule has 4 unspecified atom stereocenters. The van der Waals surface area contributed by atoms with Crippen LogP contribution in [0.25, 0.3) is 0 Å². The lowest BCUT2D eigenvalue weighted by Gasteiger charge is -2.41. The second-order valence-corrected chi connectivity index (χ2v) is 8.11. The van der Waals surface area contributed by atoms with E-state index in [4.69, 9.17) is 9.47 Å². The third-order valence-corrected chi connectivity index (χ3v) is 7.04. The quantitative estimate of drug-likeness (QED) is 0.453. The molecule has 1 aromatic heterocycles. The van der Waals surface area contributed by atoms with Crippen LogP contribution in [0.1, 0.15) is 44.7 Å². The summed E-state index contributed by atoms with van der Waals surface area (Å²) in [7, 11) is 0. The lowest BCUT2D eigenvalue weighted by Crippen LogP contribution is -2.55. The molecule has 1 aromatic rings. The molecule has 0 saturated carbocycles. The summed E-state index contributed by atoms with van der Waals surface area (Å²) in [6.45, 7) is 4.91. The van der Waals surface area contributed by atoms with Gasteiger partial charge in [-0.1, -0.05) is 6.92 Å². The fraction of sp³-hybridized carbons (Fsp3) is 0.733. The average molecular weight is 369 g/mol. The normalized spacial score (nSPS) is 33.8. The van der Waals surface area contributed by atoms with Crippen LogP contribution in [0.15, 0.2) is 5.03 Å². The van der Waals surface area contributed by atoms with Crippen molar-refractivity contribution in [1.82, 2.24) is 13.6 Å². The summed E-state index contributed by atoms with van der Waals surface area (Å²) >= 11 is 3.00. The third-order valence-electron chi connectivity index (χ3n) is 5.20.